The Morgan fingerprint density at radius 2 is 1.95 bits per heavy atom. The third-order valence-electron chi connectivity index (χ3n) is 3.59. The predicted octanol–water partition coefficient (Wildman–Crippen LogP) is 4.00. The third kappa shape index (κ3) is 2.05. The van der Waals surface area contributed by atoms with Crippen molar-refractivity contribution in [1.29, 1.82) is 0 Å². The SMILES string of the molecule is CCCn1c(-c2ccc(N)cc2C)nc2ccccc21. The van der Waals surface area contributed by atoms with E-state index in [2.05, 4.69) is 42.7 Å². The first-order valence-corrected chi connectivity index (χ1v) is 7.02. The Morgan fingerprint density at radius 1 is 1.15 bits per heavy atom. The third-order valence-corrected chi connectivity index (χ3v) is 3.59. The largest absolute Gasteiger partial charge is 0.399 e. The summed E-state index contributed by atoms with van der Waals surface area (Å²) in [5, 5.41) is 0. The van der Waals surface area contributed by atoms with Gasteiger partial charge in [0, 0.05) is 17.8 Å². The Hall–Kier alpha value is -2.29. The van der Waals surface area contributed by atoms with Gasteiger partial charge in [0.25, 0.3) is 0 Å². The maximum Gasteiger partial charge on any atom is 0.141 e. The number of aromatic nitrogens is 2. The highest BCUT2D eigenvalue weighted by atomic mass is 15.1. The number of nitrogen functional groups attached to an aromatic ring is 1. The van der Waals surface area contributed by atoms with E-state index < -0.39 is 0 Å². The van der Waals surface area contributed by atoms with Crippen LogP contribution in [0, 0.1) is 6.92 Å². The molecule has 0 saturated carbocycles. The molecule has 3 aromatic rings. The van der Waals surface area contributed by atoms with Crippen molar-refractivity contribution in [3.8, 4) is 11.4 Å². The maximum atomic E-state index is 5.85. The molecule has 0 aliphatic rings. The van der Waals surface area contributed by atoms with E-state index >= 15 is 0 Å². The molecule has 0 amide bonds. The van der Waals surface area contributed by atoms with Crippen LogP contribution in [0.1, 0.15) is 18.9 Å². The number of benzene rings is 2. The van der Waals surface area contributed by atoms with Crippen LogP contribution in [0.3, 0.4) is 0 Å². The van der Waals surface area contributed by atoms with E-state index in [0.717, 1.165) is 41.1 Å². The van der Waals surface area contributed by atoms with E-state index in [1.54, 1.807) is 0 Å². The van der Waals surface area contributed by atoms with E-state index in [1.165, 1.54) is 5.52 Å². The molecule has 0 unspecified atom stereocenters. The van der Waals surface area contributed by atoms with Gasteiger partial charge in [0.2, 0.25) is 0 Å². The fourth-order valence-corrected chi connectivity index (χ4v) is 2.67. The van der Waals surface area contributed by atoms with Crippen molar-refractivity contribution in [1.82, 2.24) is 9.55 Å². The molecule has 0 aliphatic carbocycles. The van der Waals surface area contributed by atoms with E-state index in [1.807, 2.05) is 18.2 Å². The summed E-state index contributed by atoms with van der Waals surface area (Å²) in [7, 11) is 0. The summed E-state index contributed by atoms with van der Waals surface area (Å²) in [6.07, 6.45) is 1.08. The van der Waals surface area contributed by atoms with Crippen LogP contribution >= 0.6 is 0 Å². The molecule has 2 aromatic carbocycles. The number of rotatable bonds is 3. The lowest BCUT2D eigenvalue weighted by atomic mass is 10.1. The quantitative estimate of drug-likeness (QED) is 0.727. The number of aryl methyl sites for hydroxylation is 2. The summed E-state index contributed by atoms with van der Waals surface area (Å²) in [5.41, 5.74) is 11.2. The summed E-state index contributed by atoms with van der Waals surface area (Å²) in [4.78, 5) is 4.81. The lowest BCUT2D eigenvalue weighted by Crippen LogP contribution is -2.01. The molecule has 2 N–H and O–H groups in total. The van der Waals surface area contributed by atoms with Gasteiger partial charge in [-0.05, 0) is 49.2 Å². The number of hydrogen-bond donors (Lipinski definition) is 1. The monoisotopic (exact) mass is 265 g/mol. The van der Waals surface area contributed by atoms with Crippen molar-refractivity contribution < 1.29 is 0 Å². The van der Waals surface area contributed by atoms with Crippen LogP contribution in [0.5, 0.6) is 0 Å². The lowest BCUT2D eigenvalue weighted by molar-refractivity contribution is 0.704. The van der Waals surface area contributed by atoms with Crippen LogP contribution in [0.4, 0.5) is 5.69 Å². The van der Waals surface area contributed by atoms with Crippen LogP contribution in [-0.2, 0) is 6.54 Å². The standard InChI is InChI=1S/C17H19N3/c1-3-10-20-16-7-5-4-6-15(16)19-17(20)14-9-8-13(18)11-12(14)2/h4-9,11H,3,10,18H2,1-2H3. The van der Waals surface area contributed by atoms with Gasteiger partial charge in [0.05, 0.1) is 11.0 Å². The number of anilines is 1. The minimum Gasteiger partial charge on any atom is -0.399 e. The lowest BCUT2D eigenvalue weighted by Gasteiger charge is -2.10. The van der Waals surface area contributed by atoms with Gasteiger partial charge >= 0.3 is 0 Å². The molecule has 1 aromatic heterocycles. The van der Waals surface area contributed by atoms with Gasteiger partial charge in [-0.2, -0.15) is 0 Å². The molecule has 0 bridgehead atoms. The number of hydrogen-bond acceptors (Lipinski definition) is 2. The highest BCUT2D eigenvalue weighted by Gasteiger charge is 2.13. The van der Waals surface area contributed by atoms with Crippen LogP contribution in [0.2, 0.25) is 0 Å². The molecule has 3 heteroatoms. The van der Waals surface area contributed by atoms with Gasteiger partial charge in [-0.15, -0.1) is 0 Å². The molecule has 0 radical (unpaired) electrons. The fourth-order valence-electron chi connectivity index (χ4n) is 2.67. The number of para-hydroxylation sites is 2. The highest BCUT2D eigenvalue weighted by Crippen LogP contribution is 2.28. The molecule has 102 valence electrons. The smallest absolute Gasteiger partial charge is 0.141 e. The Balaban J connectivity index is 2.26. The minimum absolute atomic E-state index is 0.796. The summed E-state index contributed by atoms with van der Waals surface area (Å²) in [6.45, 7) is 5.25. The summed E-state index contributed by atoms with van der Waals surface area (Å²) in [5.74, 6) is 1.03. The van der Waals surface area contributed by atoms with Gasteiger partial charge in [0.1, 0.15) is 5.82 Å². The first-order valence-electron chi connectivity index (χ1n) is 7.02. The van der Waals surface area contributed by atoms with Crippen LogP contribution in [0.25, 0.3) is 22.4 Å². The minimum atomic E-state index is 0.796. The molecule has 1 heterocycles. The van der Waals surface area contributed by atoms with Crippen molar-refractivity contribution in [2.24, 2.45) is 0 Å². The van der Waals surface area contributed by atoms with Crippen molar-refractivity contribution in [3.05, 3.63) is 48.0 Å². The van der Waals surface area contributed by atoms with Gasteiger partial charge in [-0.25, -0.2) is 4.98 Å². The van der Waals surface area contributed by atoms with Crippen molar-refractivity contribution in [2.45, 2.75) is 26.8 Å². The zero-order valence-corrected chi connectivity index (χ0v) is 11.9. The average molecular weight is 265 g/mol. The first kappa shape index (κ1) is 12.7. The number of fused-ring (bicyclic) bond motifs is 1. The van der Waals surface area contributed by atoms with Crippen molar-refractivity contribution >= 4 is 16.7 Å². The number of nitrogens with zero attached hydrogens (tertiary/aromatic N) is 2. The van der Waals surface area contributed by atoms with Crippen LogP contribution in [0.15, 0.2) is 42.5 Å². The molecule has 0 spiro atoms. The van der Waals surface area contributed by atoms with Crippen LogP contribution in [-0.4, -0.2) is 9.55 Å². The molecular weight excluding hydrogens is 246 g/mol. The van der Waals surface area contributed by atoms with Gasteiger partial charge in [-0.1, -0.05) is 19.1 Å². The van der Waals surface area contributed by atoms with E-state index in [9.17, 15) is 0 Å². The normalized spacial score (nSPS) is 11.1. The predicted molar refractivity (Wildman–Crippen MR) is 84.6 cm³/mol. The second-order valence-electron chi connectivity index (χ2n) is 5.15. The number of nitrogens with two attached hydrogens (primary N) is 1. The zero-order chi connectivity index (χ0) is 14.1. The molecule has 0 saturated heterocycles. The Kier molecular flexibility index (Phi) is 3.18. The van der Waals surface area contributed by atoms with Gasteiger partial charge in [-0.3, -0.25) is 0 Å². The average Bonchev–Trinajstić information content (AvgIpc) is 2.78. The molecular formula is C17H19N3. The molecule has 20 heavy (non-hydrogen) atoms. The Morgan fingerprint density at radius 3 is 2.70 bits per heavy atom. The molecule has 3 nitrogen and oxygen atoms in total. The highest BCUT2D eigenvalue weighted by molar-refractivity contribution is 5.81. The summed E-state index contributed by atoms with van der Waals surface area (Å²) >= 11 is 0. The summed E-state index contributed by atoms with van der Waals surface area (Å²) in [6, 6.07) is 14.3. The Bertz CT molecular complexity index is 756. The van der Waals surface area contributed by atoms with E-state index in [0.29, 0.717) is 0 Å². The van der Waals surface area contributed by atoms with Crippen molar-refractivity contribution in [3.63, 3.8) is 0 Å². The Labute approximate surface area is 119 Å². The first-order chi connectivity index (χ1) is 9.70. The second-order valence-corrected chi connectivity index (χ2v) is 5.15. The van der Waals surface area contributed by atoms with Crippen molar-refractivity contribution in [2.75, 3.05) is 5.73 Å². The zero-order valence-electron chi connectivity index (χ0n) is 11.9. The van der Waals surface area contributed by atoms with E-state index in [4.69, 9.17) is 10.7 Å². The molecule has 0 fully saturated rings. The molecule has 3 rings (SSSR count). The topological polar surface area (TPSA) is 43.8 Å². The van der Waals surface area contributed by atoms with Gasteiger partial charge < -0.3 is 10.3 Å². The summed E-state index contributed by atoms with van der Waals surface area (Å²) < 4.78 is 2.30. The van der Waals surface area contributed by atoms with Gasteiger partial charge in [0.15, 0.2) is 0 Å². The fraction of sp³-hybridized carbons (Fsp3) is 0.235. The molecule has 0 atom stereocenters. The second kappa shape index (κ2) is 5.00. The number of imidazole rings is 1. The van der Waals surface area contributed by atoms with Crippen LogP contribution < -0.4 is 5.73 Å². The molecule has 0 aliphatic heterocycles. The van der Waals surface area contributed by atoms with E-state index in [-0.39, 0.29) is 0 Å². The maximum absolute atomic E-state index is 5.85.